The Hall–Kier alpha value is -1.49. The lowest BCUT2D eigenvalue weighted by atomic mass is 10.1. The number of nitrogens with one attached hydrogen (secondary N) is 1. The molecular formula is C15H16Cl2N2O2. The molecule has 0 unspecified atom stereocenters. The molecule has 0 fully saturated rings. The monoisotopic (exact) mass is 326 g/mol. The molecule has 0 bridgehead atoms. The molecule has 1 N–H and O–H groups in total. The first-order valence-corrected chi connectivity index (χ1v) is 7.17. The lowest BCUT2D eigenvalue weighted by Crippen LogP contribution is -2.34. The Labute approximate surface area is 133 Å². The number of furan rings is 1. The summed E-state index contributed by atoms with van der Waals surface area (Å²) in [7, 11) is 3.85. The molecule has 0 aliphatic carbocycles. The van der Waals surface area contributed by atoms with E-state index in [-0.39, 0.29) is 11.9 Å². The summed E-state index contributed by atoms with van der Waals surface area (Å²) in [6.45, 7) is 0.420. The molecular weight excluding hydrogens is 311 g/mol. The largest absolute Gasteiger partial charge is 0.468 e. The van der Waals surface area contributed by atoms with E-state index in [2.05, 4.69) is 5.32 Å². The fraction of sp³-hybridized carbons (Fsp3) is 0.267. The minimum atomic E-state index is -0.224. The number of nitrogens with zero attached hydrogens (tertiary/aromatic N) is 1. The summed E-state index contributed by atoms with van der Waals surface area (Å²) in [4.78, 5) is 14.1. The second kappa shape index (κ2) is 6.98. The van der Waals surface area contributed by atoms with E-state index >= 15 is 0 Å². The molecule has 1 heterocycles. The van der Waals surface area contributed by atoms with E-state index < -0.39 is 0 Å². The van der Waals surface area contributed by atoms with Crippen LogP contribution < -0.4 is 5.32 Å². The van der Waals surface area contributed by atoms with Gasteiger partial charge in [0.25, 0.3) is 5.91 Å². The Bertz CT molecular complexity index is 592. The van der Waals surface area contributed by atoms with Gasteiger partial charge in [0, 0.05) is 22.2 Å². The molecule has 0 radical (unpaired) electrons. The number of rotatable bonds is 5. The van der Waals surface area contributed by atoms with Crippen LogP contribution in [0.5, 0.6) is 0 Å². The minimum Gasteiger partial charge on any atom is -0.468 e. The SMILES string of the molecule is CN(C)[C@H](CNC(=O)c1cc(Cl)cc(Cl)c1)c1ccco1. The number of benzene rings is 1. The summed E-state index contributed by atoms with van der Waals surface area (Å²) in [5, 5.41) is 3.73. The minimum absolute atomic E-state index is 0.0430. The third-order valence-corrected chi connectivity index (χ3v) is 3.51. The maximum absolute atomic E-state index is 12.2. The Balaban J connectivity index is 2.05. The van der Waals surface area contributed by atoms with Gasteiger partial charge in [0.15, 0.2) is 0 Å². The molecule has 21 heavy (non-hydrogen) atoms. The highest BCUT2D eigenvalue weighted by atomic mass is 35.5. The van der Waals surface area contributed by atoms with Crippen LogP contribution in [0, 0.1) is 0 Å². The summed E-state index contributed by atoms with van der Waals surface area (Å²) in [6.07, 6.45) is 1.62. The predicted molar refractivity (Wildman–Crippen MR) is 83.9 cm³/mol. The van der Waals surface area contributed by atoms with E-state index in [1.54, 1.807) is 24.5 Å². The smallest absolute Gasteiger partial charge is 0.251 e. The second-order valence-corrected chi connectivity index (χ2v) is 5.74. The van der Waals surface area contributed by atoms with Gasteiger partial charge in [-0.2, -0.15) is 0 Å². The summed E-state index contributed by atoms with van der Waals surface area (Å²) >= 11 is 11.8. The van der Waals surface area contributed by atoms with Gasteiger partial charge in [-0.25, -0.2) is 0 Å². The van der Waals surface area contributed by atoms with E-state index in [1.165, 1.54) is 0 Å². The maximum Gasteiger partial charge on any atom is 0.251 e. The fourth-order valence-electron chi connectivity index (χ4n) is 1.99. The molecule has 0 aliphatic rings. The van der Waals surface area contributed by atoms with E-state index in [1.807, 2.05) is 31.1 Å². The first-order chi connectivity index (χ1) is 9.97. The zero-order valence-electron chi connectivity index (χ0n) is 11.8. The van der Waals surface area contributed by atoms with Crippen LogP contribution in [0.3, 0.4) is 0 Å². The van der Waals surface area contributed by atoms with Crippen molar-refractivity contribution in [3.63, 3.8) is 0 Å². The van der Waals surface area contributed by atoms with Gasteiger partial charge in [0.05, 0.1) is 12.3 Å². The molecule has 6 heteroatoms. The average Bonchev–Trinajstić information content (AvgIpc) is 2.91. The van der Waals surface area contributed by atoms with Crippen LogP contribution in [0.4, 0.5) is 0 Å². The number of likely N-dealkylation sites (N-methyl/N-ethyl adjacent to an activating group) is 1. The summed E-state index contributed by atoms with van der Waals surface area (Å²) < 4.78 is 5.40. The van der Waals surface area contributed by atoms with E-state index in [4.69, 9.17) is 27.6 Å². The van der Waals surface area contributed by atoms with Crippen LogP contribution in [0.25, 0.3) is 0 Å². The van der Waals surface area contributed by atoms with Crippen LogP contribution in [-0.4, -0.2) is 31.4 Å². The molecule has 1 aromatic carbocycles. The van der Waals surface area contributed by atoms with Gasteiger partial charge in [0.2, 0.25) is 0 Å². The van der Waals surface area contributed by atoms with Crippen LogP contribution in [0.15, 0.2) is 41.0 Å². The van der Waals surface area contributed by atoms with Crippen molar-refractivity contribution in [1.29, 1.82) is 0 Å². The Morgan fingerprint density at radius 3 is 2.48 bits per heavy atom. The van der Waals surface area contributed by atoms with Crippen molar-refractivity contribution < 1.29 is 9.21 Å². The van der Waals surface area contributed by atoms with Gasteiger partial charge in [-0.3, -0.25) is 9.69 Å². The number of hydrogen-bond acceptors (Lipinski definition) is 3. The lowest BCUT2D eigenvalue weighted by Gasteiger charge is -2.22. The number of halogens is 2. The van der Waals surface area contributed by atoms with E-state index in [9.17, 15) is 4.79 Å². The molecule has 1 atom stereocenters. The maximum atomic E-state index is 12.2. The van der Waals surface area contributed by atoms with E-state index in [0.717, 1.165) is 5.76 Å². The van der Waals surface area contributed by atoms with Gasteiger partial charge in [-0.05, 0) is 44.4 Å². The normalized spacial score (nSPS) is 12.4. The molecule has 0 aliphatic heterocycles. The number of carbonyl (C=O) groups excluding carboxylic acids is 1. The predicted octanol–water partition coefficient (Wildman–Crippen LogP) is 3.62. The first kappa shape index (κ1) is 15.9. The highest BCUT2D eigenvalue weighted by Crippen LogP contribution is 2.20. The molecule has 112 valence electrons. The zero-order valence-corrected chi connectivity index (χ0v) is 13.3. The van der Waals surface area contributed by atoms with E-state index in [0.29, 0.717) is 22.2 Å². The van der Waals surface area contributed by atoms with Crippen LogP contribution in [-0.2, 0) is 0 Å². The summed E-state index contributed by atoms with van der Waals surface area (Å²) in [6, 6.07) is 8.42. The van der Waals surface area contributed by atoms with Gasteiger partial charge < -0.3 is 9.73 Å². The van der Waals surface area contributed by atoms with Crippen molar-refractivity contribution >= 4 is 29.1 Å². The van der Waals surface area contributed by atoms with Crippen LogP contribution in [0.2, 0.25) is 10.0 Å². The van der Waals surface area contributed by atoms with Gasteiger partial charge >= 0.3 is 0 Å². The Morgan fingerprint density at radius 2 is 1.95 bits per heavy atom. The van der Waals surface area contributed by atoms with Crippen molar-refractivity contribution in [2.24, 2.45) is 0 Å². The molecule has 4 nitrogen and oxygen atoms in total. The highest BCUT2D eigenvalue weighted by molar-refractivity contribution is 6.35. The molecule has 2 rings (SSSR count). The number of hydrogen-bond donors (Lipinski definition) is 1. The third-order valence-electron chi connectivity index (χ3n) is 3.08. The summed E-state index contributed by atoms with van der Waals surface area (Å²) in [5.41, 5.74) is 0.435. The third kappa shape index (κ3) is 4.24. The van der Waals surface area contributed by atoms with Gasteiger partial charge in [-0.15, -0.1) is 0 Å². The second-order valence-electron chi connectivity index (χ2n) is 4.86. The van der Waals surface area contributed by atoms with Crippen molar-refractivity contribution in [3.8, 4) is 0 Å². The number of amides is 1. The fourth-order valence-corrected chi connectivity index (χ4v) is 2.52. The van der Waals surface area contributed by atoms with Crippen molar-refractivity contribution in [1.82, 2.24) is 10.2 Å². The molecule has 0 saturated heterocycles. The Kier molecular flexibility index (Phi) is 5.28. The van der Waals surface area contributed by atoms with Crippen LogP contribution >= 0.6 is 23.2 Å². The van der Waals surface area contributed by atoms with Crippen molar-refractivity contribution in [2.45, 2.75) is 6.04 Å². The molecule has 0 saturated carbocycles. The Morgan fingerprint density at radius 1 is 1.29 bits per heavy atom. The molecule has 0 spiro atoms. The molecule has 1 amide bonds. The molecule has 1 aromatic heterocycles. The standard InChI is InChI=1S/C15H16Cl2N2O2/c1-19(2)13(14-4-3-5-21-14)9-18-15(20)10-6-11(16)8-12(17)7-10/h3-8,13H,9H2,1-2H3,(H,18,20)/t13-/m1/s1. The van der Waals surface area contributed by atoms with Crippen LogP contribution in [0.1, 0.15) is 22.2 Å². The quantitative estimate of drug-likeness (QED) is 0.912. The lowest BCUT2D eigenvalue weighted by molar-refractivity contribution is 0.0939. The number of carbonyl (C=O) groups is 1. The zero-order chi connectivity index (χ0) is 15.4. The van der Waals surface area contributed by atoms with Gasteiger partial charge in [0.1, 0.15) is 5.76 Å². The molecule has 2 aromatic rings. The average molecular weight is 327 g/mol. The van der Waals surface area contributed by atoms with Gasteiger partial charge in [-0.1, -0.05) is 23.2 Å². The topological polar surface area (TPSA) is 45.5 Å². The highest BCUT2D eigenvalue weighted by Gasteiger charge is 2.18. The van der Waals surface area contributed by atoms with Crippen molar-refractivity contribution in [3.05, 3.63) is 58.0 Å². The van der Waals surface area contributed by atoms with Crippen molar-refractivity contribution in [2.75, 3.05) is 20.6 Å². The summed E-state index contributed by atoms with van der Waals surface area (Å²) in [5.74, 6) is 0.572. The first-order valence-electron chi connectivity index (χ1n) is 6.41.